The molecular weight excluding hydrogens is 1040 g/mol. The molecule has 2 aliphatic heterocycles. The minimum Gasteiger partial charge on any atom is -0.495 e. The number of likely N-dealkylation sites (tertiary alicyclic amines) is 1. The molecule has 424 valence electrons. The molecule has 1 unspecified atom stereocenters. The standard InChI is InChI=1S/C58H71FN12O8S/c1-34-50(80-33-63-34)36-21-19-35(20-22-36)30-62-54(76)44-28-38(72)31-71(44)56(78)51(58(2,3)4)66-46(73)17-12-10-8-9-11-13-18-47(74)69(6)32-48(75)70-26-24-37-27-45(79-7)42(29-43(37)70)65-57-67-52-39(23-25-61-52)53(68-57)64-41-16-14-15-40(59)49(41)55(77)60-5/h14-16,19-23,25,27,29,33,38,44,51,72H,8-13,17-18,24,26,28,30-32H2,1-7H3,(H,60,77)(H,62,76)(H,66,73)(H3,61,64,65,67,68)/t38-,44+,51?/m1/s1. The number of nitrogens with zero attached hydrogens (tertiary/aromatic N) is 6. The number of thiazole rings is 1. The number of anilines is 5. The van der Waals surface area contributed by atoms with Crippen molar-refractivity contribution < 1.29 is 43.0 Å². The molecule has 2 aliphatic rings. The van der Waals surface area contributed by atoms with Crippen LogP contribution < -0.4 is 36.2 Å². The van der Waals surface area contributed by atoms with E-state index in [9.17, 15) is 38.3 Å². The van der Waals surface area contributed by atoms with Crippen LogP contribution in [0.4, 0.5) is 33.2 Å². The van der Waals surface area contributed by atoms with E-state index in [0.29, 0.717) is 59.8 Å². The van der Waals surface area contributed by atoms with E-state index in [-0.39, 0.29) is 79.7 Å². The zero-order valence-corrected chi connectivity index (χ0v) is 47.2. The molecule has 20 nitrogen and oxygen atoms in total. The zero-order chi connectivity index (χ0) is 57.3. The first-order valence-corrected chi connectivity index (χ1v) is 27.9. The predicted molar refractivity (Wildman–Crippen MR) is 306 cm³/mol. The summed E-state index contributed by atoms with van der Waals surface area (Å²) in [6.45, 7) is 8.09. The smallest absolute Gasteiger partial charge is 0.256 e. The number of carbonyl (C=O) groups excluding carboxylic acids is 6. The number of hydrogen-bond donors (Lipinski definition) is 7. The minimum atomic E-state index is -0.911. The number of aryl methyl sites for hydroxylation is 1. The fraction of sp³-hybridized carbons (Fsp3) is 0.431. The maximum absolute atomic E-state index is 14.9. The molecule has 0 saturated carbocycles. The van der Waals surface area contributed by atoms with Gasteiger partial charge in [0.1, 0.15) is 35.1 Å². The summed E-state index contributed by atoms with van der Waals surface area (Å²) < 4.78 is 20.6. The number of fused-ring (bicyclic) bond motifs is 2. The van der Waals surface area contributed by atoms with Crippen molar-refractivity contribution in [3.8, 4) is 16.2 Å². The number of ether oxygens (including phenoxy) is 1. The Labute approximate surface area is 468 Å². The minimum absolute atomic E-state index is 0.00743. The Morgan fingerprint density at radius 2 is 1.69 bits per heavy atom. The van der Waals surface area contributed by atoms with E-state index in [4.69, 9.17) is 4.74 Å². The van der Waals surface area contributed by atoms with Gasteiger partial charge in [0.05, 0.1) is 58.2 Å². The van der Waals surface area contributed by atoms with Gasteiger partial charge in [-0.3, -0.25) is 28.8 Å². The van der Waals surface area contributed by atoms with Gasteiger partial charge in [0.15, 0.2) is 0 Å². The number of nitrogens with one attached hydrogen (secondary N) is 6. The average molecular weight is 1120 g/mol. The number of aliphatic hydroxyl groups is 1. The number of carbonyl (C=O) groups is 6. The first-order valence-electron chi connectivity index (χ1n) is 27.0. The molecule has 1 saturated heterocycles. The van der Waals surface area contributed by atoms with Crippen molar-refractivity contribution in [2.45, 2.75) is 117 Å². The van der Waals surface area contributed by atoms with Crippen molar-refractivity contribution in [1.82, 2.24) is 45.7 Å². The van der Waals surface area contributed by atoms with E-state index in [1.807, 2.05) is 63.5 Å². The average Bonchev–Trinajstić information content (AvgIpc) is 4.30. The van der Waals surface area contributed by atoms with E-state index in [0.717, 1.165) is 52.9 Å². The van der Waals surface area contributed by atoms with Crippen molar-refractivity contribution in [1.29, 1.82) is 0 Å². The molecule has 3 aromatic heterocycles. The number of benzene rings is 3. The Balaban J connectivity index is 0.761. The summed E-state index contributed by atoms with van der Waals surface area (Å²) in [4.78, 5) is 103. The fourth-order valence-corrected chi connectivity index (χ4v) is 10.9. The number of hydrogen-bond acceptors (Lipinski definition) is 14. The SMILES string of the molecule is CNC(=O)c1c(F)cccc1Nc1nc(Nc2cc3c(cc2OC)CCN3C(=O)CN(C)C(=O)CCCCCCCCC(=O)NC(C(=O)N2C[C@H](O)C[C@H]2C(=O)NCc2ccc(-c3scnc3C)cc2)C(C)(C)C)nc2[nH]ccc12. The van der Waals surface area contributed by atoms with Crippen molar-refractivity contribution in [3.05, 3.63) is 101 Å². The lowest BCUT2D eigenvalue weighted by Crippen LogP contribution is -2.57. The van der Waals surface area contributed by atoms with E-state index in [2.05, 4.69) is 46.5 Å². The van der Waals surface area contributed by atoms with Gasteiger partial charge in [-0.2, -0.15) is 9.97 Å². The Morgan fingerprint density at radius 1 is 0.950 bits per heavy atom. The normalized spacial score (nSPS) is 15.3. The molecule has 1 fully saturated rings. The molecule has 6 amide bonds. The molecule has 6 aromatic rings. The molecule has 8 rings (SSSR count). The Morgan fingerprint density at radius 3 is 2.39 bits per heavy atom. The van der Waals surface area contributed by atoms with Crippen LogP contribution in [0.2, 0.25) is 0 Å². The first kappa shape index (κ1) is 58.2. The lowest BCUT2D eigenvalue weighted by atomic mass is 9.85. The van der Waals surface area contributed by atoms with Crippen molar-refractivity contribution in [3.63, 3.8) is 0 Å². The molecule has 0 spiro atoms. The van der Waals surface area contributed by atoms with Crippen molar-refractivity contribution >= 4 is 86.6 Å². The van der Waals surface area contributed by atoms with Gasteiger partial charge in [0.2, 0.25) is 35.5 Å². The van der Waals surface area contributed by atoms with Gasteiger partial charge in [-0.1, -0.05) is 76.8 Å². The second-order valence-electron chi connectivity index (χ2n) is 21.4. The maximum atomic E-state index is 14.9. The summed E-state index contributed by atoms with van der Waals surface area (Å²) in [6.07, 6.45) is 6.54. The number of methoxy groups -OCH3 is 1. The van der Waals surface area contributed by atoms with Crippen LogP contribution in [-0.2, 0) is 36.9 Å². The van der Waals surface area contributed by atoms with Gasteiger partial charge in [-0.15, -0.1) is 11.3 Å². The summed E-state index contributed by atoms with van der Waals surface area (Å²) in [7, 11) is 4.58. The number of halogens is 1. The molecule has 3 aromatic carbocycles. The number of aromatic nitrogens is 4. The van der Waals surface area contributed by atoms with Crippen LogP contribution in [-0.4, -0.2) is 129 Å². The Bertz CT molecular complexity index is 3230. The summed E-state index contributed by atoms with van der Waals surface area (Å²) in [5, 5.41) is 25.9. The summed E-state index contributed by atoms with van der Waals surface area (Å²) in [5.74, 6) is -1.78. The summed E-state index contributed by atoms with van der Waals surface area (Å²) in [6, 6.07) is 15.7. The quantitative estimate of drug-likeness (QED) is 0.0305. The molecule has 0 radical (unpaired) electrons. The number of β-amino-alcohol motifs (C(OH)–C–C–N with tert-alkyl or cyclic N) is 1. The third-order valence-electron chi connectivity index (χ3n) is 14.5. The van der Waals surface area contributed by atoms with Crippen LogP contribution >= 0.6 is 11.3 Å². The third-order valence-corrected chi connectivity index (χ3v) is 15.5. The van der Waals surface area contributed by atoms with Gasteiger partial charge in [-0.25, -0.2) is 9.37 Å². The van der Waals surface area contributed by atoms with Gasteiger partial charge in [0.25, 0.3) is 5.91 Å². The van der Waals surface area contributed by atoms with E-state index >= 15 is 0 Å². The number of rotatable bonds is 23. The molecule has 5 heterocycles. The monoisotopic (exact) mass is 1110 g/mol. The highest BCUT2D eigenvalue weighted by Gasteiger charge is 2.44. The van der Waals surface area contributed by atoms with Gasteiger partial charge in [0, 0.05) is 64.9 Å². The number of unbranched alkanes of at least 4 members (excludes halogenated alkanes) is 5. The van der Waals surface area contributed by atoms with Crippen LogP contribution in [0, 0.1) is 18.2 Å². The van der Waals surface area contributed by atoms with E-state index in [1.165, 1.54) is 36.1 Å². The zero-order valence-electron chi connectivity index (χ0n) is 46.3. The van der Waals surface area contributed by atoms with Gasteiger partial charge in [-0.05, 0) is 78.6 Å². The Kier molecular flexibility index (Phi) is 18.8. The fourth-order valence-electron chi connectivity index (χ4n) is 10.1. The molecule has 80 heavy (non-hydrogen) atoms. The molecule has 7 N–H and O–H groups in total. The number of aromatic amines is 1. The first-order chi connectivity index (χ1) is 38.3. The molecule has 22 heteroatoms. The topological polar surface area (TPSA) is 256 Å². The second-order valence-corrected chi connectivity index (χ2v) is 22.3. The van der Waals surface area contributed by atoms with Crippen molar-refractivity contribution in [2.24, 2.45) is 5.41 Å². The van der Waals surface area contributed by atoms with Crippen LogP contribution in [0.5, 0.6) is 5.75 Å². The molecule has 0 bridgehead atoms. The van der Waals surface area contributed by atoms with Crippen LogP contribution in [0.25, 0.3) is 21.5 Å². The molecule has 0 aliphatic carbocycles. The maximum Gasteiger partial charge on any atom is 0.256 e. The molecular formula is C58H71FN12O8S. The van der Waals surface area contributed by atoms with E-state index < -0.39 is 41.2 Å². The highest BCUT2D eigenvalue weighted by molar-refractivity contribution is 7.13. The van der Waals surface area contributed by atoms with Gasteiger partial charge < -0.3 is 56.1 Å². The highest BCUT2D eigenvalue weighted by atomic mass is 32.1. The van der Waals surface area contributed by atoms with Crippen LogP contribution in [0.1, 0.15) is 106 Å². The van der Waals surface area contributed by atoms with Crippen LogP contribution in [0.3, 0.4) is 0 Å². The number of likely N-dealkylation sites (N-methyl/N-ethyl adjacent to an activating group) is 1. The largest absolute Gasteiger partial charge is 0.495 e. The van der Waals surface area contributed by atoms with Crippen molar-refractivity contribution in [2.75, 3.05) is 56.4 Å². The number of H-pyrrole nitrogens is 1. The number of amides is 6. The lowest BCUT2D eigenvalue weighted by molar-refractivity contribution is -0.144. The van der Waals surface area contributed by atoms with Crippen LogP contribution in [0.15, 0.2) is 72.4 Å². The highest BCUT2D eigenvalue weighted by Crippen LogP contribution is 2.39. The predicted octanol–water partition coefficient (Wildman–Crippen LogP) is 7.66. The van der Waals surface area contributed by atoms with E-state index in [1.54, 1.807) is 47.7 Å². The Hall–Kier alpha value is -7.98. The van der Waals surface area contributed by atoms with Gasteiger partial charge >= 0.3 is 0 Å². The number of aliphatic hydroxyl groups excluding tert-OH is 1. The second kappa shape index (κ2) is 25.9. The molecule has 3 atom stereocenters. The summed E-state index contributed by atoms with van der Waals surface area (Å²) >= 11 is 1.57. The third kappa shape index (κ3) is 13.9. The summed E-state index contributed by atoms with van der Waals surface area (Å²) in [5.41, 5.74) is 6.55. The lowest BCUT2D eigenvalue weighted by Gasteiger charge is -2.35.